The van der Waals surface area contributed by atoms with Gasteiger partial charge >= 0.3 is 7.60 Å². The van der Waals surface area contributed by atoms with Crippen LogP contribution in [0.2, 0.25) is 0 Å². The molecule has 29 heavy (non-hydrogen) atoms. The molecule has 0 bridgehead atoms. The van der Waals surface area contributed by atoms with Crippen LogP contribution >= 0.6 is 7.60 Å². The van der Waals surface area contributed by atoms with Crippen LogP contribution in [0.15, 0.2) is 55.1 Å². The third kappa shape index (κ3) is 6.83. The van der Waals surface area contributed by atoms with Crippen LogP contribution in [0.4, 0.5) is 0 Å². The molecular formula is C23H32NO4P. The summed E-state index contributed by atoms with van der Waals surface area (Å²) in [6.07, 6.45) is 1.81. The van der Waals surface area contributed by atoms with Gasteiger partial charge < -0.3 is 13.8 Å². The second kappa shape index (κ2) is 11.3. The Morgan fingerprint density at radius 2 is 1.72 bits per heavy atom. The van der Waals surface area contributed by atoms with Gasteiger partial charge in [-0.2, -0.15) is 0 Å². The minimum absolute atomic E-state index is 0.0992. The Bertz CT molecular complexity index is 810. The first-order valence-electron chi connectivity index (χ1n) is 10.0. The number of rotatable bonds is 12. The highest BCUT2D eigenvalue weighted by Gasteiger charge is 2.37. The van der Waals surface area contributed by atoms with E-state index >= 15 is 0 Å². The number of hydrogen-bond donors (Lipinski definition) is 1. The number of hydrogen-bond acceptors (Lipinski definition) is 5. The maximum Gasteiger partial charge on any atom is 0.351 e. The summed E-state index contributed by atoms with van der Waals surface area (Å²) in [7, 11) is -3.39. The Kier molecular flexibility index (Phi) is 9.12. The van der Waals surface area contributed by atoms with Crippen LogP contribution in [0.3, 0.4) is 0 Å². The summed E-state index contributed by atoms with van der Waals surface area (Å²) in [5.74, 6) is 0.128. The lowest BCUT2D eigenvalue weighted by atomic mass is 10.1. The molecule has 0 saturated heterocycles. The lowest BCUT2D eigenvalue weighted by Gasteiger charge is -2.29. The molecule has 0 amide bonds. The summed E-state index contributed by atoms with van der Waals surface area (Å²) in [5, 5.41) is 3.34. The average Bonchev–Trinajstić information content (AvgIpc) is 2.71. The van der Waals surface area contributed by atoms with E-state index < -0.39 is 13.4 Å². The molecule has 0 radical (unpaired) electrons. The third-order valence-electron chi connectivity index (χ3n) is 4.22. The molecule has 2 aromatic rings. The first-order valence-corrected chi connectivity index (χ1v) is 11.6. The fourth-order valence-electron chi connectivity index (χ4n) is 2.92. The standard InChI is InChI=1S/C23H32NO4P/c1-6-19-12-14-20(15-13-19)17-26-22-11-9-10-21(16-22)23(24-18(4)5)29(25,27-7-2)28-8-3/h6,9-16,18,23-24H,1,7-8,17H2,2-5H3. The molecule has 0 fully saturated rings. The summed E-state index contributed by atoms with van der Waals surface area (Å²) < 4.78 is 30.6. The van der Waals surface area contributed by atoms with Crippen molar-refractivity contribution < 1.29 is 18.3 Å². The van der Waals surface area contributed by atoms with E-state index in [0.29, 0.717) is 25.6 Å². The zero-order valence-corrected chi connectivity index (χ0v) is 18.7. The molecule has 2 rings (SSSR count). The summed E-state index contributed by atoms with van der Waals surface area (Å²) in [4.78, 5) is 0. The van der Waals surface area contributed by atoms with Crippen LogP contribution in [0.1, 0.15) is 50.2 Å². The van der Waals surface area contributed by atoms with E-state index in [0.717, 1.165) is 16.7 Å². The largest absolute Gasteiger partial charge is 0.489 e. The van der Waals surface area contributed by atoms with Gasteiger partial charge in [-0.3, -0.25) is 9.88 Å². The molecule has 158 valence electrons. The molecule has 6 heteroatoms. The fourth-order valence-corrected chi connectivity index (χ4v) is 5.02. The van der Waals surface area contributed by atoms with Crippen LogP contribution in [0.5, 0.6) is 5.75 Å². The highest BCUT2D eigenvalue weighted by molar-refractivity contribution is 7.54. The van der Waals surface area contributed by atoms with Crippen molar-refractivity contribution in [3.05, 3.63) is 71.8 Å². The summed E-state index contributed by atoms with van der Waals surface area (Å²) in [5.41, 5.74) is 2.94. The Morgan fingerprint density at radius 1 is 1.07 bits per heavy atom. The van der Waals surface area contributed by atoms with Gasteiger partial charge in [0, 0.05) is 6.04 Å². The van der Waals surface area contributed by atoms with Crippen molar-refractivity contribution >= 4 is 13.7 Å². The van der Waals surface area contributed by atoms with Crippen molar-refractivity contribution in [3.63, 3.8) is 0 Å². The zero-order valence-electron chi connectivity index (χ0n) is 17.8. The topological polar surface area (TPSA) is 56.8 Å². The Morgan fingerprint density at radius 3 is 2.28 bits per heavy atom. The molecule has 0 saturated carbocycles. The molecular weight excluding hydrogens is 385 g/mol. The van der Waals surface area contributed by atoms with Crippen LogP contribution in [-0.4, -0.2) is 19.3 Å². The molecule has 0 aliphatic rings. The predicted octanol–water partition coefficient (Wildman–Crippen LogP) is 6.17. The Balaban J connectivity index is 2.23. The van der Waals surface area contributed by atoms with Gasteiger partial charge in [-0.1, -0.05) is 49.1 Å². The van der Waals surface area contributed by atoms with Crippen molar-refractivity contribution in [2.24, 2.45) is 0 Å². The molecule has 1 atom stereocenters. The monoisotopic (exact) mass is 417 g/mol. The van der Waals surface area contributed by atoms with Crippen LogP contribution in [0, 0.1) is 0 Å². The van der Waals surface area contributed by atoms with Crippen molar-refractivity contribution in [3.8, 4) is 5.75 Å². The maximum absolute atomic E-state index is 13.4. The van der Waals surface area contributed by atoms with Gasteiger partial charge in [0.15, 0.2) is 0 Å². The summed E-state index contributed by atoms with van der Waals surface area (Å²) in [6, 6.07) is 15.7. The van der Waals surface area contributed by atoms with Crippen molar-refractivity contribution in [1.82, 2.24) is 5.32 Å². The zero-order chi connectivity index (χ0) is 21.3. The third-order valence-corrected chi connectivity index (χ3v) is 6.54. The van der Waals surface area contributed by atoms with E-state index in [9.17, 15) is 4.57 Å². The molecule has 2 aromatic carbocycles. The quantitative estimate of drug-likeness (QED) is 0.419. The minimum Gasteiger partial charge on any atom is -0.489 e. The number of nitrogens with one attached hydrogen (secondary N) is 1. The van der Waals surface area contributed by atoms with Crippen LogP contribution < -0.4 is 10.1 Å². The molecule has 0 aliphatic heterocycles. The second-order valence-corrected chi connectivity index (χ2v) is 9.02. The SMILES string of the molecule is C=Cc1ccc(COc2cccc(C(NC(C)C)P(=O)(OCC)OCC)c2)cc1. The Hall–Kier alpha value is -1.91. The molecule has 0 aromatic heterocycles. The first kappa shape index (κ1) is 23.4. The van der Waals surface area contributed by atoms with Gasteiger partial charge in [0.1, 0.15) is 18.1 Å². The van der Waals surface area contributed by atoms with Crippen molar-refractivity contribution in [2.45, 2.75) is 46.1 Å². The molecule has 5 nitrogen and oxygen atoms in total. The van der Waals surface area contributed by atoms with Crippen molar-refractivity contribution in [1.29, 1.82) is 0 Å². The fraction of sp³-hybridized carbons (Fsp3) is 0.391. The summed E-state index contributed by atoms with van der Waals surface area (Å²) in [6.45, 7) is 12.5. The normalized spacial score (nSPS) is 12.7. The number of ether oxygens (including phenoxy) is 1. The highest BCUT2D eigenvalue weighted by atomic mass is 31.2. The lowest BCUT2D eigenvalue weighted by Crippen LogP contribution is -2.29. The van der Waals surface area contributed by atoms with Crippen LogP contribution in [-0.2, 0) is 20.2 Å². The highest BCUT2D eigenvalue weighted by Crippen LogP contribution is 2.59. The average molecular weight is 417 g/mol. The van der Waals surface area contributed by atoms with Gasteiger partial charge in [-0.15, -0.1) is 0 Å². The van der Waals surface area contributed by atoms with E-state index in [1.54, 1.807) is 0 Å². The first-order chi connectivity index (χ1) is 13.9. The van der Waals surface area contributed by atoms with E-state index in [1.165, 1.54) is 0 Å². The second-order valence-electron chi connectivity index (χ2n) is 6.91. The van der Waals surface area contributed by atoms with E-state index in [4.69, 9.17) is 13.8 Å². The van der Waals surface area contributed by atoms with E-state index in [2.05, 4.69) is 11.9 Å². The van der Waals surface area contributed by atoms with Crippen LogP contribution in [0.25, 0.3) is 6.08 Å². The molecule has 0 spiro atoms. The molecule has 0 aliphatic carbocycles. The van der Waals surface area contributed by atoms with E-state index in [-0.39, 0.29) is 6.04 Å². The maximum atomic E-state index is 13.4. The van der Waals surface area contributed by atoms with E-state index in [1.807, 2.05) is 82.3 Å². The minimum atomic E-state index is -3.39. The van der Waals surface area contributed by atoms with Gasteiger partial charge in [-0.25, -0.2) is 0 Å². The smallest absolute Gasteiger partial charge is 0.351 e. The molecule has 1 N–H and O–H groups in total. The van der Waals surface area contributed by atoms with Gasteiger partial charge in [-0.05, 0) is 56.5 Å². The molecule has 1 unspecified atom stereocenters. The van der Waals surface area contributed by atoms with Gasteiger partial charge in [0.05, 0.1) is 13.2 Å². The van der Waals surface area contributed by atoms with Crippen molar-refractivity contribution in [2.75, 3.05) is 13.2 Å². The molecule has 0 heterocycles. The summed E-state index contributed by atoms with van der Waals surface area (Å²) >= 11 is 0. The van der Waals surface area contributed by atoms with Gasteiger partial charge in [0.2, 0.25) is 0 Å². The lowest BCUT2D eigenvalue weighted by molar-refractivity contribution is 0.206. The predicted molar refractivity (Wildman–Crippen MR) is 119 cm³/mol. The van der Waals surface area contributed by atoms with Gasteiger partial charge in [0.25, 0.3) is 0 Å². The Labute approximate surface area is 174 Å². The number of benzene rings is 2.